The number of ether oxygens (including phenoxy) is 1. The SMILES string of the molecule is CC(C)(C)OC(=O)N1C[C@H]2C[C@@H](C1)N1C(=O)CCC[C@@H]21. The molecule has 0 radical (unpaired) electrons. The highest BCUT2D eigenvalue weighted by Gasteiger charge is 2.50. The van der Waals surface area contributed by atoms with E-state index in [0.29, 0.717) is 24.9 Å². The summed E-state index contributed by atoms with van der Waals surface area (Å²) in [7, 11) is 0. The van der Waals surface area contributed by atoms with E-state index < -0.39 is 5.60 Å². The van der Waals surface area contributed by atoms with E-state index in [1.165, 1.54) is 0 Å². The standard InChI is InChI=1S/C15H24N2O3/c1-15(2,3)20-14(19)16-8-10-7-11(9-16)17-12(10)5-4-6-13(17)18/h10-12H,4-9H2,1-3H3/t10-,11+,12+/m1/s1. The van der Waals surface area contributed by atoms with E-state index in [0.717, 1.165) is 25.8 Å². The van der Waals surface area contributed by atoms with Crippen molar-refractivity contribution in [1.29, 1.82) is 0 Å². The summed E-state index contributed by atoms with van der Waals surface area (Å²) < 4.78 is 5.47. The third-order valence-corrected chi connectivity index (χ3v) is 4.59. The largest absolute Gasteiger partial charge is 0.444 e. The van der Waals surface area contributed by atoms with Gasteiger partial charge in [0.15, 0.2) is 0 Å². The van der Waals surface area contributed by atoms with Gasteiger partial charge in [0, 0.05) is 25.6 Å². The zero-order chi connectivity index (χ0) is 14.5. The molecule has 3 aliphatic rings. The lowest BCUT2D eigenvalue weighted by Crippen LogP contribution is -2.48. The first-order chi connectivity index (χ1) is 9.35. The smallest absolute Gasteiger partial charge is 0.410 e. The normalized spacial score (nSPS) is 33.1. The Hall–Kier alpha value is -1.26. The van der Waals surface area contributed by atoms with Crippen molar-refractivity contribution in [3.8, 4) is 0 Å². The minimum absolute atomic E-state index is 0.207. The van der Waals surface area contributed by atoms with Crippen molar-refractivity contribution < 1.29 is 14.3 Å². The second kappa shape index (κ2) is 4.64. The van der Waals surface area contributed by atoms with Gasteiger partial charge >= 0.3 is 6.09 Å². The Balaban J connectivity index is 1.72. The number of nitrogens with zero attached hydrogens (tertiary/aromatic N) is 2. The molecule has 0 N–H and O–H groups in total. The molecule has 5 nitrogen and oxygen atoms in total. The molecule has 0 aromatic rings. The molecule has 0 aromatic heterocycles. The summed E-state index contributed by atoms with van der Waals surface area (Å²) in [6.45, 7) is 7.02. The summed E-state index contributed by atoms with van der Waals surface area (Å²) in [6.07, 6.45) is 3.58. The van der Waals surface area contributed by atoms with E-state index in [9.17, 15) is 9.59 Å². The fraction of sp³-hybridized carbons (Fsp3) is 0.867. The monoisotopic (exact) mass is 280 g/mol. The summed E-state index contributed by atoms with van der Waals surface area (Å²) >= 11 is 0. The van der Waals surface area contributed by atoms with Crippen LogP contribution in [0.1, 0.15) is 46.5 Å². The highest BCUT2D eigenvalue weighted by Crippen LogP contribution is 2.40. The van der Waals surface area contributed by atoms with Crippen LogP contribution in [0.15, 0.2) is 0 Å². The van der Waals surface area contributed by atoms with Crippen molar-refractivity contribution in [3.63, 3.8) is 0 Å². The van der Waals surface area contributed by atoms with Gasteiger partial charge in [-0.25, -0.2) is 4.79 Å². The van der Waals surface area contributed by atoms with Crippen LogP contribution >= 0.6 is 0 Å². The van der Waals surface area contributed by atoms with E-state index >= 15 is 0 Å². The summed E-state index contributed by atoms with van der Waals surface area (Å²) in [5.41, 5.74) is -0.462. The van der Waals surface area contributed by atoms with Gasteiger partial charge in [-0.2, -0.15) is 0 Å². The fourth-order valence-electron chi connectivity index (χ4n) is 3.92. The lowest BCUT2D eigenvalue weighted by Gasteiger charge is -2.34. The molecule has 2 amide bonds. The molecule has 3 heterocycles. The van der Waals surface area contributed by atoms with Crippen molar-refractivity contribution in [2.75, 3.05) is 13.1 Å². The lowest BCUT2D eigenvalue weighted by molar-refractivity contribution is -0.136. The minimum atomic E-state index is -0.462. The molecule has 20 heavy (non-hydrogen) atoms. The Bertz CT molecular complexity index is 429. The highest BCUT2D eigenvalue weighted by atomic mass is 16.6. The van der Waals surface area contributed by atoms with Crippen molar-refractivity contribution in [2.24, 2.45) is 5.92 Å². The lowest BCUT2D eigenvalue weighted by atomic mass is 9.91. The van der Waals surface area contributed by atoms with Crippen molar-refractivity contribution in [1.82, 2.24) is 9.80 Å². The molecule has 0 unspecified atom stereocenters. The molecule has 112 valence electrons. The number of amides is 2. The number of fused-ring (bicyclic) bond motifs is 5. The first-order valence-electron chi connectivity index (χ1n) is 7.64. The van der Waals surface area contributed by atoms with E-state index in [1.54, 1.807) is 4.90 Å². The number of rotatable bonds is 0. The maximum atomic E-state index is 12.2. The maximum Gasteiger partial charge on any atom is 0.410 e. The minimum Gasteiger partial charge on any atom is -0.444 e. The van der Waals surface area contributed by atoms with Gasteiger partial charge in [0.2, 0.25) is 5.91 Å². The molecule has 5 heteroatoms. The Morgan fingerprint density at radius 2 is 2.05 bits per heavy atom. The van der Waals surface area contributed by atoms with E-state index in [-0.39, 0.29) is 18.0 Å². The summed E-state index contributed by atoms with van der Waals surface area (Å²) in [5, 5.41) is 0. The van der Waals surface area contributed by atoms with Crippen molar-refractivity contribution >= 4 is 12.0 Å². The Morgan fingerprint density at radius 1 is 1.30 bits per heavy atom. The van der Waals surface area contributed by atoms with Gasteiger partial charge in [-0.3, -0.25) is 4.79 Å². The van der Waals surface area contributed by atoms with Crippen LogP contribution in [0.2, 0.25) is 0 Å². The second-order valence-electron chi connectivity index (χ2n) is 7.30. The molecular weight excluding hydrogens is 256 g/mol. The predicted octanol–water partition coefficient (Wildman–Crippen LogP) is 2.01. The molecule has 3 fully saturated rings. The molecule has 3 rings (SSSR count). The van der Waals surface area contributed by atoms with Gasteiger partial charge in [-0.1, -0.05) is 0 Å². The Morgan fingerprint density at radius 3 is 2.75 bits per heavy atom. The first-order valence-corrected chi connectivity index (χ1v) is 7.64. The van der Waals surface area contributed by atoms with Gasteiger partial charge in [-0.15, -0.1) is 0 Å². The molecule has 3 saturated heterocycles. The van der Waals surface area contributed by atoms with Crippen LogP contribution in [0.5, 0.6) is 0 Å². The predicted molar refractivity (Wildman–Crippen MR) is 74.2 cm³/mol. The molecule has 0 aromatic carbocycles. The second-order valence-corrected chi connectivity index (χ2v) is 7.30. The van der Waals surface area contributed by atoms with Crippen LogP contribution in [0.3, 0.4) is 0 Å². The molecule has 2 bridgehead atoms. The zero-order valence-electron chi connectivity index (χ0n) is 12.6. The number of hydrogen-bond donors (Lipinski definition) is 0. The topological polar surface area (TPSA) is 49.9 Å². The third-order valence-electron chi connectivity index (χ3n) is 4.59. The van der Waals surface area contributed by atoms with E-state index in [1.807, 2.05) is 20.8 Å². The van der Waals surface area contributed by atoms with Crippen molar-refractivity contribution in [2.45, 2.75) is 64.1 Å². The Kier molecular flexibility index (Phi) is 3.18. The third kappa shape index (κ3) is 2.38. The quantitative estimate of drug-likeness (QED) is 0.682. The number of carbonyl (C=O) groups is 2. The van der Waals surface area contributed by atoms with Gasteiger partial charge in [0.25, 0.3) is 0 Å². The van der Waals surface area contributed by atoms with Gasteiger partial charge < -0.3 is 14.5 Å². The average Bonchev–Trinajstić information content (AvgIpc) is 2.60. The average molecular weight is 280 g/mol. The van der Waals surface area contributed by atoms with Crippen LogP contribution in [0.4, 0.5) is 4.79 Å². The molecule has 3 atom stereocenters. The summed E-state index contributed by atoms with van der Waals surface area (Å²) in [5.74, 6) is 0.713. The maximum absolute atomic E-state index is 12.2. The zero-order valence-corrected chi connectivity index (χ0v) is 12.6. The van der Waals surface area contributed by atoms with Gasteiger partial charge in [0.1, 0.15) is 5.60 Å². The van der Waals surface area contributed by atoms with Gasteiger partial charge in [-0.05, 0) is 46.0 Å². The highest BCUT2D eigenvalue weighted by molar-refractivity contribution is 5.78. The summed E-state index contributed by atoms with van der Waals surface area (Å²) in [4.78, 5) is 28.2. The number of hydrogen-bond acceptors (Lipinski definition) is 3. The summed E-state index contributed by atoms with van der Waals surface area (Å²) in [6, 6.07) is 0.563. The van der Waals surface area contributed by atoms with Crippen LogP contribution in [-0.4, -0.2) is 52.6 Å². The molecule has 0 saturated carbocycles. The number of carbonyl (C=O) groups excluding carboxylic acids is 2. The first kappa shape index (κ1) is 13.7. The van der Waals surface area contributed by atoms with Crippen LogP contribution < -0.4 is 0 Å². The van der Waals surface area contributed by atoms with E-state index in [2.05, 4.69) is 4.90 Å². The van der Waals surface area contributed by atoms with Crippen molar-refractivity contribution in [3.05, 3.63) is 0 Å². The molecular formula is C15H24N2O3. The molecule has 3 aliphatic heterocycles. The van der Waals surface area contributed by atoms with E-state index in [4.69, 9.17) is 4.74 Å². The Labute approximate surface area is 120 Å². The number of likely N-dealkylation sites (tertiary alicyclic amines) is 1. The van der Waals surface area contributed by atoms with Crippen LogP contribution in [-0.2, 0) is 9.53 Å². The fourth-order valence-corrected chi connectivity index (χ4v) is 3.92. The van der Waals surface area contributed by atoms with Crippen LogP contribution in [0, 0.1) is 5.92 Å². The molecule has 0 spiro atoms. The van der Waals surface area contributed by atoms with Crippen LogP contribution in [0.25, 0.3) is 0 Å². The van der Waals surface area contributed by atoms with Gasteiger partial charge in [0.05, 0.1) is 6.04 Å². The number of piperidine rings is 2. The molecule has 0 aliphatic carbocycles.